The predicted molar refractivity (Wildman–Crippen MR) is 64.3 cm³/mol. The number of alkyl halides is 1. The van der Waals surface area contributed by atoms with Crippen LogP contribution < -0.4 is 4.74 Å². The maximum Gasteiger partial charge on any atom is 0.126 e. The number of hydrogen-bond donors (Lipinski definition) is 0. The van der Waals surface area contributed by atoms with Gasteiger partial charge in [-0.3, -0.25) is 0 Å². The number of benzene rings is 1. The summed E-state index contributed by atoms with van der Waals surface area (Å²) < 4.78 is 5.46. The topological polar surface area (TPSA) is 9.23 Å². The third-order valence-corrected chi connectivity index (χ3v) is 2.86. The summed E-state index contributed by atoms with van der Waals surface area (Å²) in [5.41, 5.74) is 2.60. The zero-order valence-electron chi connectivity index (χ0n) is 9.23. The molecule has 0 saturated heterocycles. The highest BCUT2D eigenvalue weighted by Crippen LogP contribution is 2.34. The Balaban J connectivity index is 3.29. The van der Waals surface area contributed by atoms with Gasteiger partial charge in [0.1, 0.15) is 5.75 Å². The average molecular weight is 257 g/mol. The molecule has 0 heterocycles. The lowest BCUT2D eigenvalue weighted by Gasteiger charge is -2.23. The summed E-state index contributed by atoms with van der Waals surface area (Å²) in [5.74, 6) is 1.01. The molecule has 14 heavy (non-hydrogen) atoms. The van der Waals surface area contributed by atoms with Crippen LogP contribution in [0.15, 0.2) is 18.2 Å². The normalized spacial score (nSPS) is 11.5. The molecule has 0 radical (unpaired) electrons. The lowest BCUT2D eigenvalue weighted by Crippen LogP contribution is -2.13. The van der Waals surface area contributed by atoms with Gasteiger partial charge in [0.05, 0.1) is 7.11 Å². The molecule has 0 unspecified atom stereocenters. The van der Waals surface area contributed by atoms with E-state index in [1.54, 1.807) is 7.11 Å². The van der Waals surface area contributed by atoms with E-state index in [0.29, 0.717) is 0 Å². The Bertz CT molecular complexity index is 313. The minimum atomic E-state index is 0.128. The number of ether oxygens (including phenoxy) is 1. The van der Waals surface area contributed by atoms with Crippen LogP contribution in [0.5, 0.6) is 5.75 Å². The van der Waals surface area contributed by atoms with Crippen molar-refractivity contribution in [2.24, 2.45) is 0 Å². The molecule has 0 fully saturated rings. The molecule has 0 amide bonds. The van der Waals surface area contributed by atoms with Crippen LogP contribution in [0, 0.1) is 0 Å². The van der Waals surface area contributed by atoms with Gasteiger partial charge in [0.15, 0.2) is 0 Å². The van der Waals surface area contributed by atoms with Crippen molar-refractivity contribution in [3.63, 3.8) is 0 Å². The lowest BCUT2D eigenvalue weighted by atomic mass is 9.85. The Morgan fingerprint density at radius 2 is 1.93 bits per heavy atom. The zero-order valence-corrected chi connectivity index (χ0v) is 10.8. The van der Waals surface area contributed by atoms with Gasteiger partial charge in [0, 0.05) is 10.9 Å². The third kappa shape index (κ3) is 2.30. The number of halogens is 1. The summed E-state index contributed by atoms with van der Waals surface area (Å²) in [6.45, 7) is 6.59. The number of rotatable bonds is 2. The molecule has 0 N–H and O–H groups in total. The van der Waals surface area contributed by atoms with Gasteiger partial charge in [0.25, 0.3) is 0 Å². The van der Waals surface area contributed by atoms with E-state index in [0.717, 1.165) is 11.1 Å². The van der Waals surface area contributed by atoms with Crippen LogP contribution in [0.4, 0.5) is 0 Å². The molecule has 0 atom stereocenters. The molecule has 1 aromatic carbocycles. The maximum atomic E-state index is 5.46. The summed E-state index contributed by atoms with van der Waals surface area (Å²) in [6.07, 6.45) is 0. The smallest absolute Gasteiger partial charge is 0.126 e. The Morgan fingerprint density at radius 1 is 1.29 bits per heavy atom. The number of para-hydroxylation sites is 1. The average Bonchev–Trinajstić information content (AvgIpc) is 2.15. The molecule has 78 valence electrons. The van der Waals surface area contributed by atoms with Crippen LogP contribution in [0.2, 0.25) is 0 Å². The first-order valence-corrected chi connectivity index (χ1v) is 5.85. The fraction of sp³-hybridized carbons (Fsp3) is 0.500. The van der Waals surface area contributed by atoms with Crippen molar-refractivity contribution in [2.75, 3.05) is 7.11 Å². The van der Waals surface area contributed by atoms with Crippen molar-refractivity contribution in [3.8, 4) is 5.75 Å². The zero-order chi connectivity index (χ0) is 10.8. The molecule has 0 bridgehead atoms. The van der Waals surface area contributed by atoms with Gasteiger partial charge >= 0.3 is 0 Å². The van der Waals surface area contributed by atoms with Crippen molar-refractivity contribution in [1.29, 1.82) is 0 Å². The van der Waals surface area contributed by atoms with Crippen molar-refractivity contribution >= 4 is 15.9 Å². The summed E-state index contributed by atoms with van der Waals surface area (Å²) in [6, 6.07) is 6.30. The molecule has 1 aromatic rings. The monoisotopic (exact) mass is 256 g/mol. The van der Waals surface area contributed by atoms with E-state index in [1.807, 2.05) is 0 Å². The second-order valence-electron chi connectivity index (χ2n) is 4.38. The molecule has 0 spiro atoms. The highest BCUT2D eigenvalue weighted by atomic mass is 79.9. The van der Waals surface area contributed by atoms with Crippen LogP contribution in [-0.2, 0) is 10.7 Å². The SMILES string of the molecule is COc1c(CBr)cccc1C(C)(C)C. The molecule has 0 aliphatic rings. The van der Waals surface area contributed by atoms with Gasteiger partial charge in [0.2, 0.25) is 0 Å². The van der Waals surface area contributed by atoms with E-state index < -0.39 is 0 Å². The van der Waals surface area contributed by atoms with E-state index in [2.05, 4.69) is 54.9 Å². The molecule has 0 aliphatic heterocycles. The largest absolute Gasteiger partial charge is 0.496 e. The van der Waals surface area contributed by atoms with Gasteiger partial charge in [-0.1, -0.05) is 54.9 Å². The Morgan fingerprint density at radius 3 is 2.36 bits per heavy atom. The lowest BCUT2D eigenvalue weighted by molar-refractivity contribution is 0.394. The molecule has 0 aliphatic carbocycles. The fourth-order valence-corrected chi connectivity index (χ4v) is 1.96. The fourth-order valence-electron chi connectivity index (χ4n) is 1.52. The Labute approximate surface area is 94.6 Å². The van der Waals surface area contributed by atoms with Crippen LogP contribution in [0.25, 0.3) is 0 Å². The molecule has 1 rings (SSSR count). The summed E-state index contributed by atoms with van der Waals surface area (Å²) in [7, 11) is 1.73. The first kappa shape index (κ1) is 11.6. The van der Waals surface area contributed by atoms with Crippen molar-refractivity contribution in [1.82, 2.24) is 0 Å². The summed E-state index contributed by atoms with van der Waals surface area (Å²) in [4.78, 5) is 0. The molecular weight excluding hydrogens is 240 g/mol. The van der Waals surface area contributed by atoms with Crippen molar-refractivity contribution in [3.05, 3.63) is 29.3 Å². The minimum absolute atomic E-state index is 0.128. The van der Waals surface area contributed by atoms with Gasteiger partial charge in [-0.15, -0.1) is 0 Å². The van der Waals surface area contributed by atoms with Crippen LogP contribution in [0.3, 0.4) is 0 Å². The number of methoxy groups -OCH3 is 1. The standard InChI is InChI=1S/C12H17BrO/c1-12(2,3)10-7-5-6-9(8-13)11(10)14-4/h5-7H,8H2,1-4H3. The quantitative estimate of drug-likeness (QED) is 0.730. The number of hydrogen-bond acceptors (Lipinski definition) is 1. The van der Waals surface area contributed by atoms with E-state index in [-0.39, 0.29) is 5.41 Å². The van der Waals surface area contributed by atoms with E-state index in [1.165, 1.54) is 11.1 Å². The van der Waals surface area contributed by atoms with E-state index in [9.17, 15) is 0 Å². The predicted octanol–water partition coefficient (Wildman–Crippen LogP) is 3.89. The molecular formula is C12H17BrO. The first-order valence-electron chi connectivity index (χ1n) is 4.73. The Hall–Kier alpha value is -0.500. The summed E-state index contributed by atoms with van der Waals surface area (Å²) in [5, 5.41) is 0.833. The Kier molecular flexibility index (Phi) is 3.59. The summed E-state index contributed by atoms with van der Waals surface area (Å²) >= 11 is 3.47. The molecule has 2 heteroatoms. The third-order valence-electron chi connectivity index (χ3n) is 2.25. The van der Waals surface area contributed by atoms with Gasteiger partial charge in [-0.05, 0) is 11.0 Å². The molecule has 1 nitrogen and oxygen atoms in total. The van der Waals surface area contributed by atoms with Crippen LogP contribution in [-0.4, -0.2) is 7.11 Å². The van der Waals surface area contributed by atoms with Crippen molar-refractivity contribution < 1.29 is 4.74 Å². The van der Waals surface area contributed by atoms with E-state index in [4.69, 9.17) is 4.74 Å². The highest BCUT2D eigenvalue weighted by Gasteiger charge is 2.20. The second-order valence-corrected chi connectivity index (χ2v) is 4.94. The van der Waals surface area contributed by atoms with Gasteiger partial charge in [-0.25, -0.2) is 0 Å². The highest BCUT2D eigenvalue weighted by molar-refractivity contribution is 9.08. The van der Waals surface area contributed by atoms with Crippen LogP contribution >= 0.6 is 15.9 Å². The minimum Gasteiger partial charge on any atom is -0.496 e. The molecule has 0 aromatic heterocycles. The van der Waals surface area contributed by atoms with Gasteiger partial charge in [-0.2, -0.15) is 0 Å². The second kappa shape index (κ2) is 4.35. The van der Waals surface area contributed by atoms with Crippen molar-refractivity contribution in [2.45, 2.75) is 31.5 Å². The molecule has 0 saturated carbocycles. The van der Waals surface area contributed by atoms with Crippen LogP contribution in [0.1, 0.15) is 31.9 Å². The first-order chi connectivity index (χ1) is 6.50. The van der Waals surface area contributed by atoms with Gasteiger partial charge < -0.3 is 4.74 Å². The maximum absolute atomic E-state index is 5.46. The van der Waals surface area contributed by atoms with E-state index >= 15 is 0 Å².